The predicted molar refractivity (Wildman–Crippen MR) is 47.9 cm³/mol. The van der Waals surface area contributed by atoms with Crippen molar-refractivity contribution in [2.24, 2.45) is 11.8 Å². The lowest BCUT2D eigenvalue weighted by Gasteiger charge is -2.39. The van der Waals surface area contributed by atoms with E-state index >= 15 is 0 Å². The second-order valence-electron chi connectivity index (χ2n) is 4.16. The Morgan fingerprint density at radius 2 is 2.25 bits per heavy atom. The number of rotatable bonds is 0. The molecule has 12 heavy (non-hydrogen) atoms. The van der Waals surface area contributed by atoms with Gasteiger partial charge >= 0.3 is 0 Å². The fraction of sp³-hybridized carbons (Fsp3) is 0.900. The highest BCUT2D eigenvalue weighted by molar-refractivity contribution is 5.82. The zero-order chi connectivity index (χ0) is 8.55. The number of ketones is 1. The van der Waals surface area contributed by atoms with Crippen molar-refractivity contribution < 1.29 is 4.79 Å². The van der Waals surface area contributed by atoms with Crippen LogP contribution in [0.4, 0.5) is 0 Å². The van der Waals surface area contributed by atoms with Crippen LogP contribution in [0, 0.1) is 11.8 Å². The largest absolute Gasteiger partial charge is 0.314 e. The maximum Gasteiger partial charge on any atom is 0.136 e. The number of carbonyl (C=O) groups is 1. The topological polar surface area (TPSA) is 29.1 Å². The lowest BCUT2D eigenvalue weighted by atomic mass is 9.71. The third-order valence-corrected chi connectivity index (χ3v) is 3.45. The van der Waals surface area contributed by atoms with E-state index in [-0.39, 0.29) is 0 Å². The fourth-order valence-corrected chi connectivity index (χ4v) is 2.73. The van der Waals surface area contributed by atoms with Gasteiger partial charge in [0.05, 0.1) is 0 Å². The van der Waals surface area contributed by atoms with Gasteiger partial charge in [-0.3, -0.25) is 4.79 Å². The molecule has 0 amide bonds. The molecule has 68 valence electrons. The Balaban J connectivity index is 2.10. The Labute approximate surface area is 73.7 Å². The van der Waals surface area contributed by atoms with Gasteiger partial charge in [-0.1, -0.05) is 0 Å². The lowest BCUT2D eigenvalue weighted by Crippen LogP contribution is -2.48. The number of piperidine rings is 1. The van der Waals surface area contributed by atoms with Crippen LogP contribution in [-0.4, -0.2) is 18.4 Å². The molecular formula is C10H17NO. The standard InChI is InChI=1S/C10H17NO/c1-7-8-3-2-4-10(12)9(8)5-6-11-7/h7-9,11H,2-6H2,1H3. The van der Waals surface area contributed by atoms with E-state index in [4.69, 9.17) is 0 Å². The molecule has 0 radical (unpaired) electrons. The van der Waals surface area contributed by atoms with Gasteiger partial charge < -0.3 is 5.32 Å². The first-order chi connectivity index (χ1) is 5.79. The Hall–Kier alpha value is -0.370. The van der Waals surface area contributed by atoms with Gasteiger partial charge in [0.25, 0.3) is 0 Å². The van der Waals surface area contributed by atoms with Gasteiger partial charge in [-0.05, 0) is 38.6 Å². The van der Waals surface area contributed by atoms with Crippen molar-refractivity contribution >= 4 is 5.78 Å². The Bertz CT molecular complexity index is 190. The average Bonchev–Trinajstić information content (AvgIpc) is 2.07. The van der Waals surface area contributed by atoms with Gasteiger partial charge in [-0.25, -0.2) is 0 Å². The number of hydrogen-bond donors (Lipinski definition) is 1. The highest BCUT2D eigenvalue weighted by Crippen LogP contribution is 2.34. The molecule has 0 aromatic rings. The molecule has 3 unspecified atom stereocenters. The van der Waals surface area contributed by atoms with Crippen molar-refractivity contribution in [3.05, 3.63) is 0 Å². The smallest absolute Gasteiger partial charge is 0.136 e. The first-order valence-electron chi connectivity index (χ1n) is 5.05. The Morgan fingerprint density at radius 3 is 3.00 bits per heavy atom. The molecule has 0 spiro atoms. The molecule has 3 atom stereocenters. The van der Waals surface area contributed by atoms with Crippen LogP contribution < -0.4 is 5.32 Å². The van der Waals surface area contributed by atoms with Gasteiger partial charge in [0.15, 0.2) is 0 Å². The number of hydrogen-bond acceptors (Lipinski definition) is 2. The molecule has 1 saturated heterocycles. The van der Waals surface area contributed by atoms with Crippen LogP contribution in [0.3, 0.4) is 0 Å². The molecule has 1 heterocycles. The van der Waals surface area contributed by atoms with Gasteiger partial charge in [0.1, 0.15) is 5.78 Å². The van der Waals surface area contributed by atoms with Crippen LogP contribution in [0.25, 0.3) is 0 Å². The fourth-order valence-electron chi connectivity index (χ4n) is 2.73. The normalized spacial score (nSPS) is 42.4. The highest BCUT2D eigenvalue weighted by atomic mass is 16.1. The van der Waals surface area contributed by atoms with Crippen molar-refractivity contribution in [1.29, 1.82) is 0 Å². The molecule has 1 aliphatic carbocycles. The first-order valence-corrected chi connectivity index (χ1v) is 5.05. The van der Waals surface area contributed by atoms with Gasteiger partial charge in [0, 0.05) is 18.4 Å². The van der Waals surface area contributed by atoms with Crippen LogP contribution in [0.1, 0.15) is 32.6 Å². The van der Waals surface area contributed by atoms with Crippen LogP contribution in [0.15, 0.2) is 0 Å². The van der Waals surface area contributed by atoms with E-state index in [1.165, 1.54) is 6.42 Å². The molecular weight excluding hydrogens is 150 g/mol. The number of carbonyl (C=O) groups excluding carboxylic acids is 1. The van der Waals surface area contributed by atoms with E-state index in [0.29, 0.717) is 23.7 Å². The van der Waals surface area contributed by atoms with Crippen LogP contribution in [0.5, 0.6) is 0 Å². The SMILES string of the molecule is CC1NCCC2C(=O)CCCC12. The van der Waals surface area contributed by atoms with E-state index in [2.05, 4.69) is 12.2 Å². The van der Waals surface area contributed by atoms with E-state index in [9.17, 15) is 4.79 Å². The monoisotopic (exact) mass is 167 g/mol. The third kappa shape index (κ3) is 1.28. The maximum absolute atomic E-state index is 11.5. The maximum atomic E-state index is 11.5. The van der Waals surface area contributed by atoms with Crippen LogP contribution in [-0.2, 0) is 4.79 Å². The average molecular weight is 167 g/mol. The summed E-state index contributed by atoms with van der Waals surface area (Å²) >= 11 is 0. The summed E-state index contributed by atoms with van der Waals surface area (Å²) in [6, 6.07) is 0.563. The number of nitrogens with one attached hydrogen (secondary N) is 1. The molecule has 0 aromatic heterocycles. The van der Waals surface area contributed by atoms with Gasteiger partial charge in [-0.15, -0.1) is 0 Å². The Kier molecular flexibility index (Phi) is 2.18. The summed E-state index contributed by atoms with van der Waals surface area (Å²) in [4.78, 5) is 11.5. The molecule has 2 nitrogen and oxygen atoms in total. The zero-order valence-electron chi connectivity index (χ0n) is 7.68. The lowest BCUT2D eigenvalue weighted by molar-refractivity contribution is -0.128. The minimum Gasteiger partial charge on any atom is -0.314 e. The van der Waals surface area contributed by atoms with Gasteiger partial charge in [0.2, 0.25) is 0 Å². The molecule has 2 aliphatic rings. The van der Waals surface area contributed by atoms with Crippen molar-refractivity contribution in [2.75, 3.05) is 6.54 Å². The molecule has 1 aliphatic heterocycles. The van der Waals surface area contributed by atoms with E-state index in [1.54, 1.807) is 0 Å². The predicted octanol–water partition coefficient (Wildman–Crippen LogP) is 1.35. The zero-order valence-corrected chi connectivity index (χ0v) is 7.68. The second kappa shape index (κ2) is 3.17. The van der Waals surface area contributed by atoms with Crippen LogP contribution >= 0.6 is 0 Å². The molecule has 1 N–H and O–H groups in total. The first kappa shape index (κ1) is 8.24. The van der Waals surface area contributed by atoms with E-state index in [0.717, 1.165) is 25.8 Å². The minimum absolute atomic E-state index is 0.398. The summed E-state index contributed by atoms with van der Waals surface area (Å²) in [6.07, 6.45) is 4.29. The van der Waals surface area contributed by atoms with E-state index in [1.807, 2.05) is 0 Å². The quantitative estimate of drug-likeness (QED) is 0.590. The summed E-state index contributed by atoms with van der Waals surface area (Å²) in [5.74, 6) is 1.56. The summed E-state index contributed by atoms with van der Waals surface area (Å²) in [5.41, 5.74) is 0. The minimum atomic E-state index is 0.398. The molecule has 0 aromatic carbocycles. The summed E-state index contributed by atoms with van der Waals surface area (Å²) in [7, 11) is 0. The third-order valence-electron chi connectivity index (χ3n) is 3.45. The number of Topliss-reactive ketones (excluding diaryl/α,β-unsaturated/α-hetero) is 1. The summed E-state index contributed by atoms with van der Waals surface area (Å²) < 4.78 is 0. The Morgan fingerprint density at radius 1 is 1.42 bits per heavy atom. The highest BCUT2D eigenvalue weighted by Gasteiger charge is 2.36. The van der Waals surface area contributed by atoms with Crippen molar-refractivity contribution in [3.63, 3.8) is 0 Å². The van der Waals surface area contributed by atoms with Gasteiger partial charge in [-0.2, -0.15) is 0 Å². The van der Waals surface area contributed by atoms with Crippen LogP contribution in [0.2, 0.25) is 0 Å². The molecule has 1 saturated carbocycles. The summed E-state index contributed by atoms with van der Waals surface area (Å²) in [6.45, 7) is 3.25. The van der Waals surface area contributed by atoms with Crippen molar-refractivity contribution in [2.45, 2.75) is 38.6 Å². The van der Waals surface area contributed by atoms with E-state index < -0.39 is 0 Å². The molecule has 2 rings (SSSR count). The molecule has 2 fully saturated rings. The number of fused-ring (bicyclic) bond motifs is 1. The molecule has 2 heteroatoms. The second-order valence-corrected chi connectivity index (χ2v) is 4.16. The van der Waals surface area contributed by atoms with Crippen molar-refractivity contribution in [1.82, 2.24) is 5.32 Å². The summed E-state index contributed by atoms with van der Waals surface area (Å²) in [5, 5.41) is 3.45. The molecule has 0 bridgehead atoms. The van der Waals surface area contributed by atoms with Crippen molar-refractivity contribution in [3.8, 4) is 0 Å².